The molecule has 0 aromatic heterocycles. The number of sulfonamides is 1. The Morgan fingerprint density at radius 2 is 1.63 bits per heavy atom. The van der Waals surface area contributed by atoms with Crippen molar-refractivity contribution in [1.29, 1.82) is 0 Å². The minimum atomic E-state index is -4.20. The standard InChI is InChI=1S/C27H29Cl2N3O5S/c1-4-30-27(34)19(2)31(17-20-8-12-24(37-3)13-9-20)26(33)18-32(23-7-5-6-22(29)16-23)38(35,36)25-14-10-21(28)11-15-25/h5-16,19H,4,17-18H2,1-3H3,(H,30,34)/t19-/m0/s1. The molecule has 202 valence electrons. The highest BCUT2D eigenvalue weighted by Gasteiger charge is 2.32. The highest BCUT2D eigenvalue weighted by molar-refractivity contribution is 7.92. The van der Waals surface area contributed by atoms with Crippen molar-refractivity contribution in [3.63, 3.8) is 0 Å². The lowest BCUT2D eigenvalue weighted by molar-refractivity contribution is -0.139. The van der Waals surface area contributed by atoms with Crippen LogP contribution in [0, 0.1) is 0 Å². The van der Waals surface area contributed by atoms with Crippen LogP contribution in [0.1, 0.15) is 19.4 Å². The minimum Gasteiger partial charge on any atom is -0.497 e. The van der Waals surface area contributed by atoms with E-state index in [2.05, 4.69) is 5.32 Å². The zero-order valence-electron chi connectivity index (χ0n) is 21.2. The van der Waals surface area contributed by atoms with Gasteiger partial charge in [-0.1, -0.05) is 41.4 Å². The van der Waals surface area contributed by atoms with Crippen molar-refractivity contribution in [2.24, 2.45) is 0 Å². The summed E-state index contributed by atoms with van der Waals surface area (Å²) in [5.41, 5.74) is 0.945. The van der Waals surface area contributed by atoms with Crippen LogP contribution in [0.15, 0.2) is 77.7 Å². The van der Waals surface area contributed by atoms with Crippen molar-refractivity contribution in [3.05, 3.63) is 88.4 Å². The highest BCUT2D eigenvalue weighted by Crippen LogP contribution is 2.27. The van der Waals surface area contributed by atoms with Crippen molar-refractivity contribution in [3.8, 4) is 5.75 Å². The Labute approximate surface area is 233 Å². The smallest absolute Gasteiger partial charge is 0.264 e. The number of hydrogen-bond acceptors (Lipinski definition) is 5. The van der Waals surface area contributed by atoms with Gasteiger partial charge in [0.1, 0.15) is 18.3 Å². The third-order valence-electron chi connectivity index (χ3n) is 5.81. The fourth-order valence-electron chi connectivity index (χ4n) is 3.73. The third kappa shape index (κ3) is 7.18. The number of amides is 2. The van der Waals surface area contributed by atoms with Gasteiger partial charge in [0.25, 0.3) is 10.0 Å². The molecule has 0 aliphatic heterocycles. The van der Waals surface area contributed by atoms with E-state index in [1.54, 1.807) is 63.4 Å². The molecule has 0 aliphatic rings. The molecule has 0 heterocycles. The first-order chi connectivity index (χ1) is 18.1. The van der Waals surface area contributed by atoms with Crippen LogP contribution in [0.2, 0.25) is 10.0 Å². The van der Waals surface area contributed by atoms with Crippen LogP contribution in [0.4, 0.5) is 5.69 Å². The van der Waals surface area contributed by atoms with Gasteiger partial charge in [0.2, 0.25) is 11.8 Å². The van der Waals surface area contributed by atoms with Crippen LogP contribution in [0.25, 0.3) is 0 Å². The van der Waals surface area contributed by atoms with E-state index in [1.165, 1.54) is 35.2 Å². The maximum atomic E-state index is 13.8. The number of nitrogens with zero attached hydrogens (tertiary/aromatic N) is 2. The van der Waals surface area contributed by atoms with E-state index in [4.69, 9.17) is 27.9 Å². The lowest BCUT2D eigenvalue weighted by Gasteiger charge is -2.32. The molecule has 1 N–H and O–H groups in total. The third-order valence-corrected chi connectivity index (χ3v) is 8.08. The first-order valence-corrected chi connectivity index (χ1v) is 14.0. The van der Waals surface area contributed by atoms with Gasteiger partial charge in [0.15, 0.2) is 0 Å². The van der Waals surface area contributed by atoms with E-state index in [1.807, 2.05) is 0 Å². The fourth-order valence-corrected chi connectivity index (χ4v) is 5.44. The molecular formula is C27H29Cl2N3O5S. The number of ether oxygens (including phenoxy) is 1. The molecule has 0 bridgehead atoms. The lowest BCUT2D eigenvalue weighted by atomic mass is 10.1. The van der Waals surface area contributed by atoms with Crippen molar-refractivity contribution < 1.29 is 22.7 Å². The fraction of sp³-hybridized carbons (Fsp3) is 0.259. The van der Waals surface area contributed by atoms with Gasteiger partial charge >= 0.3 is 0 Å². The minimum absolute atomic E-state index is 0.0480. The summed E-state index contributed by atoms with van der Waals surface area (Å²) < 4.78 is 33.6. The van der Waals surface area contributed by atoms with Gasteiger partial charge in [-0.25, -0.2) is 8.42 Å². The number of halogens is 2. The van der Waals surface area contributed by atoms with Crippen molar-refractivity contribution in [1.82, 2.24) is 10.2 Å². The van der Waals surface area contributed by atoms with Crippen LogP contribution in [-0.2, 0) is 26.2 Å². The highest BCUT2D eigenvalue weighted by atomic mass is 35.5. The second kappa shape index (κ2) is 13.0. The molecule has 0 aliphatic carbocycles. The molecule has 3 aromatic carbocycles. The summed E-state index contributed by atoms with van der Waals surface area (Å²) in [5.74, 6) is -0.286. The summed E-state index contributed by atoms with van der Waals surface area (Å²) in [6, 6.07) is 18.0. The second-order valence-corrected chi connectivity index (χ2v) is 11.1. The molecule has 0 unspecified atom stereocenters. The number of hydrogen-bond donors (Lipinski definition) is 1. The lowest BCUT2D eigenvalue weighted by Crippen LogP contribution is -2.51. The molecule has 0 saturated heterocycles. The quantitative estimate of drug-likeness (QED) is 0.354. The average Bonchev–Trinajstić information content (AvgIpc) is 2.90. The van der Waals surface area contributed by atoms with Crippen LogP contribution in [0.3, 0.4) is 0 Å². The Morgan fingerprint density at radius 3 is 2.21 bits per heavy atom. The van der Waals surface area contributed by atoms with Gasteiger partial charge in [-0.3, -0.25) is 13.9 Å². The zero-order valence-corrected chi connectivity index (χ0v) is 23.6. The summed E-state index contributed by atoms with van der Waals surface area (Å²) in [6.45, 7) is 3.27. The van der Waals surface area contributed by atoms with Gasteiger partial charge in [-0.05, 0) is 74.0 Å². The first-order valence-electron chi connectivity index (χ1n) is 11.8. The number of nitrogens with one attached hydrogen (secondary N) is 1. The topological polar surface area (TPSA) is 96.0 Å². The van der Waals surface area contributed by atoms with Crippen LogP contribution < -0.4 is 14.4 Å². The molecule has 11 heteroatoms. The molecule has 0 fully saturated rings. The van der Waals surface area contributed by atoms with Gasteiger partial charge in [0.05, 0.1) is 17.7 Å². The normalized spacial score (nSPS) is 11.9. The van der Waals surface area contributed by atoms with E-state index in [0.29, 0.717) is 22.3 Å². The molecule has 3 rings (SSSR count). The van der Waals surface area contributed by atoms with Crippen LogP contribution in [-0.4, -0.2) is 51.4 Å². The molecular weight excluding hydrogens is 549 g/mol. The predicted octanol–water partition coefficient (Wildman–Crippen LogP) is 4.75. The summed E-state index contributed by atoms with van der Waals surface area (Å²) in [5, 5.41) is 3.40. The molecule has 38 heavy (non-hydrogen) atoms. The van der Waals surface area contributed by atoms with Gasteiger partial charge < -0.3 is 15.0 Å². The average molecular weight is 579 g/mol. The summed E-state index contributed by atoms with van der Waals surface area (Å²) in [7, 11) is -2.65. The molecule has 1 atom stereocenters. The maximum Gasteiger partial charge on any atom is 0.264 e. The molecule has 0 radical (unpaired) electrons. The molecule has 3 aromatic rings. The Kier molecular flexibility index (Phi) is 10.0. The second-order valence-electron chi connectivity index (χ2n) is 8.39. The van der Waals surface area contributed by atoms with E-state index in [0.717, 1.165) is 9.87 Å². The molecule has 8 nitrogen and oxygen atoms in total. The number of methoxy groups -OCH3 is 1. The predicted molar refractivity (Wildman–Crippen MR) is 149 cm³/mol. The van der Waals surface area contributed by atoms with E-state index in [9.17, 15) is 18.0 Å². The number of likely N-dealkylation sites (N-methyl/N-ethyl adjacent to an activating group) is 1. The van der Waals surface area contributed by atoms with E-state index in [-0.39, 0.29) is 23.0 Å². The zero-order chi connectivity index (χ0) is 27.9. The van der Waals surface area contributed by atoms with Gasteiger partial charge in [-0.15, -0.1) is 0 Å². The molecule has 0 saturated carbocycles. The molecule has 2 amide bonds. The first kappa shape index (κ1) is 29.3. The molecule has 0 spiro atoms. The summed E-state index contributed by atoms with van der Waals surface area (Å²) in [6.07, 6.45) is 0. The Balaban J connectivity index is 2.02. The number of anilines is 1. The van der Waals surface area contributed by atoms with E-state index >= 15 is 0 Å². The van der Waals surface area contributed by atoms with Crippen molar-refractivity contribution in [2.75, 3.05) is 24.5 Å². The van der Waals surface area contributed by atoms with Gasteiger partial charge in [0, 0.05) is 23.1 Å². The number of rotatable bonds is 11. The maximum absolute atomic E-state index is 13.8. The summed E-state index contributed by atoms with van der Waals surface area (Å²) in [4.78, 5) is 27.8. The Hall–Kier alpha value is -3.27. The number of carbonyl (C=O) groups is 2. The SMILES string of the molecule is CCNC(=O)[C@H](C)N(Cc1ccc(OC)cc1)C(=O)CN(c1cccc(Cl)c1)S(=O)(=O)c1ccc(Cl)cc1. The van der Waals surface area contributed by atoms with Crippen LogP contribution >= 0.6 is 23.2 Å². The monoisotopic (exact) mass is 577 g/mol. The Bertz CT molecular complexity index is 1370. The van der Waals surface area contributed by atoms with Crippen LogP contribution in [0.5, 0.6) is 5.75 Å². The Morgan fingerprint density at radius 1 is 0.974 bits per heavy atom. The van der Waals surface area contributed by atoms with Crippen molar-refractivity contribution >= 4 is 50.7 Å². The van der Waals surface area contributed by atoms with Crippen molar-refractivity contribution in [2.45, 2.75) is 31.3 Å². The van der Waals surface area contributed by atoms with Gasteiger partial charge in [-0.2, -0.15) is 0 Å². The largest absolute Gasteiger partial charge is 0.497 e. The number of carbonyl (C=O) groups excluding carboxylic acids is 2. The number of benzene rings is 3. The summed E-state index contributed by atoms with van der Waals surface area (Å²) >= 11 is 12.1. The van der Waals surface area contributed by atoms with E-state index < -0.39 is 28.5 Å².